The number of amides is 1. The lowest BCUT2D eigenvalue weighted by Gasteiger charge is -2.35. The molecule has 0 spiro atoms. The molecule has 1 amide bonds. The Labute approximate surface area is 164 Å². The molecule has 2 aromatic rings. The normalized spacial score (nSPS) is 20.7. The van der Waals surface area contributed by atoms with Crippen LogP contribution in [0.25, 0.3) is 5.65 Å². The van der Waals surface area contributed by atoms with Gasteiger partial charge in [0.2, 0.25) is 5.91 Å². The highest BCUT2D eigenvalue weighted by Gasteiger charge is 2.30. The van der Waals surface area contributed by atoms with Gasteiger partial charge < -0.3 is 9.64 Å². The maximum atomic E-state index is 13.0. The molecule has 0 aliphatic carbocycles. The third kappa shape index (κ3) is 3.35. The van der Waals surface area contributed by atoms with Gasteiger partial charge >= 0.3 is 0 Å². The summed E-state index contributed by atoms with van der Waals surface area (Å²) in [6, 6.07) is 2.29. The van der Waals surface area contributed by atoms with Crippen molar-refractivity contribution in [2.24, 2.45) is 0 Å². The Morgan fingerprint density at radius 3 is 2.93 bits per heavy atom. The van der Waals surface area contributed by atoms with Gasteiger partial charge in [-0.15, -0.1) is 0 Å². The molecule has 0 saturated carbocycles. The molecule has 1 N–H and O–H groups in total. The van der Waals surface area contributed by atoms with Crippen LogP contribution in [-0.2, 0) is 22.5 Å². The summed E-state index contributed by atoms with van der Waals surface area (Å²) in [6.45, 7) is 6.71. The Morgan fingerprint density at radius 2 is 2.18 bits per heavy atom. The number of hydrogen-bond acceptors (Lipinski definition) is 5. The number of piperidine rings is 1. The molecule has 4 rings (SSSR count). The summed E-state index contributed by atoms with van der Waals surface area (Å²) in [5.74, 6) is -0.0157. The molecule has 4 heterocycles. The van der Waals surface area contributed by atoms with Crippen LogP contribution in [0.2, 0.25) is 0 Å². The molecule has 0 bridgehead atoms. The maximum absolute atomic E-state index is 13.0. The number of H-pyrrole nitrogens is 1. The van der Waals surface area contributed by atoms with Gasteiger partial charge in [-0.2, -0.15) is 0 Å². The van der Waals surface area contributed by atoms with Crippen LogP contribution in [0.3, 0.4) is 0 Å². The molecule has 1 atom stereocenters. The Balaban J connectivity index is 1.71. The van der Waals surface area contributed by atoms with Crippen LogP contribution < -0.4 is 5.56 Å². The molecule has 28 heavy (non-hydrogen) atoms. The zero-order chi connectivity index (χ0) is 19.8. The smallest absolute Gasteiger partial charge is 0.276 e. The summed E-state index contributed by atoms with van der Waals surface area (Å²) in [5, 5.41) is 3.24. The van der Waals surface area contributed by atoms with Crippen molar-refractivity contribution in [3.63, 3.8) is 0 Å². The number of carbonyl (C=O) groups excluding carboxylic acids is 1. The number of aromatic nitrogens is 3. The molecule has 1 fully saturated rings. The summed E-state index contributed by atoms with van der Waals surface area (Å²) in [5.41, 5.74) is 3.18. The number of methoxy groups -OCH3 is 1. The third-order valence-corrected chi connectivity index (χ3v) is 6.00. The summed E-state index contributed by atoms with van der Waals surface area (Å²) >= 11 is 0. The minimum absolute atomic E-state index is 0.0137. The molecule has 152 valence electrons. The number of nitrogens with zero attached hydrogens (tertiary/aromatic N) is 4. The lowest BCUT2D eigenvalue weighted by atomic mass is 9.99. The van der Waals surface area contributed by atoms with Crippen molar-refractivity contribution in [1.29, 1.82) is 0 Å². The number of aromatic amines is 1. The summed E-state index contributed by atoms with van der Waals surface area (Å²) in [4.78, 5) is 34.5. The molecule has 0 aromatic carbocycles. The van der Waals surface area contributed by atoms with Crippen molar-refractivity contribution < 1.29 is 9.53 Å². The Kier molecular flexibility index (Phi) is 5.25. The van der Waals surface area contributed by atoms with Gasteiger partial charge in [-0.25, -0.2) is 9.50 Å². The van der Waals surface area contributed by atoms with Crippen molar-refractivity contribution in [3.05, 3.63) is 33.4 Å². The second-order valence-corrected chi connectivity index (χ2v) is 8.09. The lowest BCUT2D eigenvalue weighted by molar-refractivity contribution is -0.139. The van der Waals surface area contributed by atoms with Crippen LogP contribution in [0.5, 0.6) is 0 Å². The van der Waals surface area contributed by atoms with Crippen LogP contribution >= 0.6 is 0 Å². The minimum Gasteiger partial charge on any atom is -0.375 e. The molecule has 2 aliphatic rings. The van der Waals surface area contributed by atoms with Crippen molar-refractivity contribution in [2.45, 2.75) is 58.2 Å². The van der Waals surface area contributed by atoms with E-state index in [9.17, 15) is 9.59 Å². The van der Waals surface area contributed by atoms with Crippen LogP contribution in [-0.4, -0.2) is 63.2 Å². The van der Waals surface area contributed by atoms with Gasteiger partial charge in [0.25, 0.3) is 5.56 Å². The maximum Gasteiger partial charge on any atom is 0.276 e. The first kappa shape index (κ1) is 19.1. The number of ether oxygens (including phenoxy) is 1. The predicted octanol–water partition coefficient (Wildman–Crippen LogP) is 1.49. The van der Waals surface area contributed by atoms with E-state index in [0.29, 0.717) is 24.8 Å². The Morgan fingerprint density at radius 1 is 1.36 bits per heavy atom. The first-order valence-electron chi connectivity index (χ1n) is 10.2. The van der Waals surface area contributed by atoms with Crippen molar-refractivity contribution >= 4 is 11.6 Å². The van der Waals surface area contributed by atoms with Crippen LogP contribution in [0.1, 0.15) is 56.1 Å². The van der Waals surface area contributed by atoms with Gasteiger partial charge in [-0.05, 0) is 39.5 Å². The second-order valence-electron chi connectivity index (χ2n) is 8.09. The fourth-order valence-corrected chi connectivity index (χ4v) is 4.40. The summed E-state index contributed by atoms with van der Waals surface area (Å²) < 4.78 is 6.59. The Bertz CT molecular complexity index is 932. The summed E-state index contributed by atoms with van der Waals surface area (Å²) in [6.07, 6.45) is 3.64. The van der Waals surface area contributed by atoms with Gasteiger partial charge in [-0.1, -0.05) is 0 Å². The van der Waals surface area contributed by atoms with Crippen LogP contribution in [0.15, 0.2) is 10.9 Å². The first-order chi connectivity index (χ1) is 13.5. The fraction of sp³-hybridized carbons (Fsp3) is 0.650. The van der Waals surface area contributed by atoms with Crippen molar-refractivity contribution in [2.75, 3.05) is 26.8 Å². The largest absolute Gasteiger partial charge is 0.375 e. The number of nitrogens with one attached hydrogen (secondary N) is 1. The standard InChI is InChI=1S/C20H29N5O3/c1-13(2)23-9-7-14-16(11-23)21-18-10-15(22-25(18)20(14)27)17-6-4-5-8-24(17)19(26)12-28-3/h10,13,17,22H,4-9,11-12H2,1-3H3. The van der Waals surface area contributed by atoms with Crippen molar-refractivity contribution in [3.8, 4) is 0 Å². The minimum atomic E-state index is -0.0679. The predicted molar refractivity (Wildman–Crippen MR) is 105 cm³/mol. The SMILES string of the molecule is COCC(=O)N1CCCCC1c1cc2nc3c(c(=O)n2[nH]1)CCN(C(C)C)C3. The molecular weight excluding hydrogens is 358 g/mol. The lowest BCUT2D eigenvalue weighted by Crippen LogP contribution is -2.40. The van der Waals surface area contributed by atoms with E-state index in [-0.39, 0.29) is 24.1 Å². The first-order valence-corrected chi connectivity index (χ1v) is 10.2. The fourth-order valence-electron chi connectivity index (χ4n) is 4.40. The zero-order valence-corrected chi connectivity index (χ0v) is 16.9. The third-order valence-electron chi connectivity index (χ3n) is 6.00. The van der Waals surface area contributed by atoms with Gasteiger partial charge in [0.1, 0.15) is 6.61 Å². The summed E-state index contributed by atoms with van der Waals surface area (Å²) in [7, 11) is 1.54. The number of hydrogen-bond donors (Lipinski definition) is 1. The van der Waals surface area contributed by atoms with Crippen LogP contribution in [0, 0.1) is 0 Å². The molecular formula is C20H29N5O3. The molecule has 8 heteroatoms. The average Bonchev–Trinajstić information content (AvgIpc) is 3.12. The molecule has 0 radical (unpaired) electrons. The average molecular weight is 387 g/mol. The molecule has 1 unspecified atom stereocenters. The zero-order valence-electron chi connectivity index (χ0n) is 16.9. The number of carbonyl (C=O) groups is 1. The number of fused-ring (bicyclic) bond motifs is 2. The molecule has 2 aliphatic heterocycles. The van der Waals surface area contributed by atoms with Gasteiger partial charge in [0, 0.05) is 44.4 Å². The Hall–Kier alpha value is -2.19. The van der Waals surface area contributed by atoms with E-state index in [4.69, 9.17) is 9.72 Å². The highest BCUT2D eigenvalue weighted by molar-refractivity contribution is 5.78. The van der Waals surface area contributed by atoms with Gasteiger partial charge in [0.05, 0.1) is 17.4 Å². The van der Waals surface area contributed by atoms with E-state index in [2.05, 4.69) is 23.8 Å². The van der Waals surface area contributed by atoms with E-state index in [1.54, 1.807) is 4.52 Å². The highest BCUT2D eigenvalue weighted by Crippen LogP contribution is 2.30. The van der Waals surface area contributed by atoms with E-state index < -0.39 is 0 Å². The van der Waals surface area contributed by atoms with E-state index in [1.807, 2.05) is 11.0 Å². The van der Waals surface area contributed by atoms with Gasteiger partial charge in [0.15, 0.2) is 5.65 Å². The molecule has 8 nitrogen and oxygen atoms in total. The number of rotatable bonds is 4. The van der Waals surface area contributed by atoms with E-state index in [0.717, 1.165) is 49.2 Å². The highest BCUT2D eigenvalue weighted by atomic mass is 16.5. The van der Waals surface area contributed by atoms with Crippen molar-refractivity contribution in [1.82, 2.24) is 24.4 Å². The second kappa shape index (κ2) is 7.67. The van der Waals surface area contributed by atoms with E-state index in [1.165, 1.54) is 7.11 Å². The van der Waals surface area contributed by atoms with Gasteiger partial charge in [-0.3, -0.25) is 19.6 Å². The topological polar surface area (TPSA) is 82.9 Å². The number of likely N-dealkylation sites (tertiary alicyclic amines) is 1. The molecule has 2 aromatic heterocycles. The van der Waals surface area contributed by atoms with E-state index >= 15 is 0 Å². The van der Waals surface area contributed by atoms with Crippen LogP contribution in [0.4, 0.5) is 0 Å². The molecule has 1 saturated heterocycles. The quantitative estimate of drug-likeness (QED) is 0.859. The monoisotopic (exact) mass is 387 g/mol.